The summed E-state index contributed by atoms with van der Waals surface area (Å²) in [6.45, 7) is 4.30. The zero-order valence-electron chi connectivity index (χ0n) is 18.8. The Balaban J connectivity index is 1.58. The molecule has 0 unspecified atom stereocenters. The molecule has 3 aromatic heterocycles. The number of pyridine rings is 2. The van der Waals surface area contributed by atoms with Crippen molar-refractivity contribution in [2.75, 3.05) is 6.54 Å². The molecule has 0 spiro atoms. The van der Waals surface area contributed by atoms with Gasteiger partial charge in [-0.05, 0) is 56.7 Å². The smallest absolute Gasteiger partial charge is 0.334 e. The number of hydrogen-bond acceptors (Lipinski definition) is 5. The predicted molar refractivity (Wildman–Crippen MR) is 115 cm³/mol. The van der Waals surface area contributed by atoms with Crippen LogP contribution in [0, 0.1) is 18.7 Å². The number of carbonyl (C=O) groups excluding carboxylic acids is 1. The van der Waals surface area contributed by atoms with Crippen molar-refractivity contribution in [2.45, 2.75) is 51.7 Å². The molecule has 0 N–H and O–H groups in total. The van der Waals surface area contributed by atoms with E-state index < -0.39 is 17.6 Å². The third-order valence-electron chi connectivity index (χ3n) is 6.15. The fourth-order valence-corrected chi connectivity index (χ4v) is 4.38. The summed E-state index contributed by atoms with van der Waals surface area (Å²) in [6, 6.07) is 3.73. The minimum atomic E-state index is -4.66. The fraction of sp³-hybridized carbons (Fsp3) is 0.435. The van der Waals surface area contributed by atoms with Gasteiger partial charge in [-0.1, -0.05) is 6.92 Å². The first kappa shape index (κ1) is 23.8. The molecular weight excluding hydrogens is 452 g/mol. The van der Waals surface area contributed by atoms with Crippen molar-refractivity contribution in [1.82, 2.24) is 29.9 Å². The normalized spacial score (nSPS) is 18.8. The molecule has 7 nitrogen and oxygen atoms in total. The van der Waals surface area contributed by atoms with Crippen molar-refractivity contribution in [3.63, 3.8) is 0 Å². The molecule has 1 aliphatic rings. The predicted octanol–water partition coefficient (Wildman–Crippen LogP) is 4.40. The highest BCUT2D eigenvalue weighted by Gasteiger charge is 2.35. The van der Waals surface area contributed by atoms with E-state index in [2.05, 4.69) is 20.2 Å². The number of halogens is 4. The van der Waals surface area contributed by atoms with Crippen LogP contribution in [0.5, 0.6) is 0 Å². The van der Waals surface area contributed by atoms with Crippen molar-refractivity contribution in [1.29, 1.82) is 0 Å². The van der Waals surface area contributed by atoms with Gasteiger partial charge < -0.3 is 4.90 Å². The number of hydrogen-bond donors (Lipinski definition) is 0. The van der Waals surface area contributed by atoms with Crippen LogP contribution in [0.1, 0.15) is 53.6 Å². The molecule has 1 amide bonds. The maximum absolute atomic E-state index is 14.3. The molecule has 1 fully saturated rings. The molecular formula is C23H24F4N6O. The number of carbonyl (C=O) groups is 1. The van der Waals surface area contributed by atoms with E-state index in [1.54, 1.807) is 24.0 Å². The number of aryl methyl sites for hydroxylation is 2. The Bertz CT molecular complexity index is 1160. The lowest BCUT2D eigenvalue weighted by molar-refractivity contribution is -0.138. The van der Waals surface area contributed by atoms with Gasteiger partial charge in [0, 0.05) is 24.5 Å². The van der Waals surface area contributed by atoms with Gasteiger partial charge in [-0.2, -0.15) is 23.4 Å². The Kier molecular flexibility index (Phi) is 6.63. The fourth-order valence-electron chi connectivity index (χ4n) is 4.38. The monoisotopic (exact) mass is 476 g/mol. The SMILES string of the molecule is Cc1ccc(-n2nccn2)c(C(=O)N2CCC[C@@H](C)[C@H]2CCc2ncc(C(F)(F)F)cc2F)n1. The number of rotatable bonds is 5. The quantitative estimate of drug-likeness (QED) is 0.511. The Hall–Kier alpha value is -3.37. The second-order valence-corrected chi connectivity index (χ2v) is 8.51. The van der Waals surface area contributed by atoms with Gasteiger partial charge in [0.05, 0.1) is 23.7 Å². The van der Waals surface area contributed by atoms with E-state index in [9.17, 15) is 22.4 Å². The van der Waals surface area contributed by atoms with Crippen LogP contribution < -0.4 is 0 Å². The standard InChI is InChI=1S/C23H24F4N6O/c1-14-4-3-11-32(19(14)8-6-18-17(24)12-16(13-28-18)23(25,26)27)22(34)21-20(7-5-15(2)31-21)33-29-9-10-30-33/h5,7,9-10,12-14,19H,3-4,6,8,11H2,1-2H3/t14-,19-/m1/s1. The highest BCUT2D eigenvalue weighted by Crippen LogP contribution is 2.31. The second-order valence-electron chi connectivity index (χ2n) is 8.51. The zero-order chi connectivity index (χ0) is 24.5. The highest BCUT2D eigenvalue weighted by atomic mass is 19.4. The van der Waals surface area contributed by atoms with E-state index in [4.69, 9.17) is 0 Å². The topological polar surface area (TPSA) is 76.8 Å². The van der Waals surface area contributed by atoms with E-state index in [-0.39, 0.29) is 35.7 Å². The van der Waals surface area contributed by atoms with Crippen LogP contribution in [0.3, 0.4) is 0 Å². The van der Waals surface area contributed by atoms with Gasteiger partial charge in [-0.25, -0.2) is 9.37 Å². The number of likely N-dealkylation sites (tertiary alicyclic amines) is 1. The average molecular weight is 476 g/mol. The number of alkyl halides is 3. The second kappa shape index (κ2) is 9.47. The maximum atomic E-state index is 14.3. The van der Waals surface area contributed by atoms with E-state index in [1.165, 1.54) is 17.2 Å². The lowest BCUT2D eigenvalue weighted by atomic mass is 9.87. The van der Waals surface area contributed by atoms with Gasteiger partial charge in [0.1, 0.15) is 11.5 Å². The number of piperidine rings is 1. The minimum absolute atomic E-state index is 0.0479. The summed E-state index contributed by atoms with van der Waals surface area (Å²) in [6.07, 6.45) is 1.16. The molecule has 4 rings (SSSR count). The molecule has 1 aliphatic heterocycles. The van der Waals surface area contributed by atoms with Crippen LogP contribution in [-0.2, 0) is 12.6 Å². The summed E-state index contributed by atoms with van der Waals surface area (Å²) < 4.78 is 52.8. The van der Waals surface area contributed by atoms with E-state index in [0.29, 0.717) is 36.6 Å². The average Bonchev–Trinajstić information content (AvgIpc) is 3.32. The molecule has 2 atom stereocenters. The number of aromatic nitrogens is 5. The first-order chi connectivity index (χ1) is 16.1. The van der Waals surface area contributed by atoms with E-state index in [1.807, 2.05) is 6.92 Å². The third kappa shape index (κ3) is 4.92. The third-order valence-corrected chi connectivity index (χ3v) is 6.15. The Morgan fingerprint density at radius 3 is 2.62 bits per heavy atom. The Labute approximate surface area is 193 Å². The summed E-state index contributed by atoms with van der Waals surface area (Å²) in [7, 11) is 0. The first-order valence-electron chi connectivity index (χ1n) is 11.0. The Morgan fingerprint density at radius 1 is 1.21 bits per heavy atom. The summed E-state index contributed by atoms with van der Waals surface area (Å²) in [5.41, 5.74) is 0.161. The first-order valence-corrected chi connectivity index (χ1v) is 11.0. The molecule has 1 saturated heterocycles. The van der Waals surface area contributed by atoms with Crippen molar-refractivity contribution in [3.05, 3.63) is 65.3 Å². The summed E-state index contributed by atoms with van der Waals surface area (Å²) in [5, 5.41) is 8.23. The van der Waals surface area contributed by atoms with E-state index >= 15 is 0 Å². The number of nitrogens with zero attached hydrogens (tertiary/aromatic N) is 6. The molecule has 4 heterocycles. The lowest BCUT2D eigenvalue weighted by Crippen LogP contribution is -2.48. The molecule has 0 saturated carbocycles. The maximum Gasteiger partial charge on any atom is 0.417 e. The van der Waals surface area contributed by atoms with Crippen LogP contribution in [0.15, 0.2) is 36.8 Å². The van der Waals surface area contributed by atoms with Gasteiger partial charge in [0.25, 0.3) is 5.91 Å². The van der Waals surface area contributed by atoms with Crippen molar-refractivity contribution in [3.8, 4) is 5.69 Å². The summed E-state index contributed by atoms with van der Waals surface area (Å²) in [4.78, 5) is 24.9. The van der Waals surface area contributed by atoms with Gasteiger partial charge >= 0.3 is 6.18 Å². The molecule has 3 aromatic rings. The van der Waals surface area contributed by atoms with Crippen molar-refractivity contribution >= 4 is 5.91 Å². The van der Waals surface area contributed by atoms with Crippen LogP contribution in [0.25, 0.3) is 5.69 Å². The van der Waals surface area contributed by atoms with E-state index in [0.717, 1.165) is 12.8 Å². The molecule has 34 heavy (non-hydrogen) atoms. The van der Waals surface area contributed by atoms with Crippen molar-refractivity contribution in [2.24, 2.45) is 5.92 Å². The van der Waals surface area contributed by atoms with Crippen LogP contribution in [0.2, 0.25) is 0 Å². The van der Waals surface area contributed by atoms with Gasteiger partial charge in [0.15, 0.2) is 5.69 Å². The molecule has 11 heteroatoms. The zero-order valence-corrected chi connectivity index (χ0v) is 18.8. The minimum Gasteiger partial charge on any atom is -0.334 e. The summed E-state index contributed by atoms with van der Waals surface area (Å²) in [5.74, 6) is -1.16. The summed E-state index contributed by atoms with van der Waals surface area (Å²) >= 11 is 0. The molecule has 0 bridgehead atoms. The Morgan fingerprint density at radius 2 is 1.94 bits per heavy atom. The van der Waals surface area contributed by atoms with Gasteiger partial charge in [-0.3, -0.25) is 9.78 Å². The highest BCUT2D eigenvalue weighted by molar-refractivity contribution is 5.96. The van der Waals surface area contributed by atoms with Gasteiger partial charge in [0.2, 0.25) is 0 Å². The molecule has 0 radical (unpaired) electrons. The number of amides is 1. The van der Waals surface area contributed by atoms with Gasteiger partial charge in [-0.15, -0.1) is 4.80 Å². The van der Waals surface area contributed by atoms with Crippen molar-refractivity contribution < 1.29 is 22.4 Å². The largest absolute Gasteiger partial charge is 0.417 e. The molecule has 0 aliphatic carbocycles. The lowest BCUT2D eigenvalue weighted by Gasteiger charge is -2.40. The van der Waals surface area contributed by atoms with Crippen LogP contribution in [-0.4, -0.2) is 48.4 Å². The molecule has 180 valence electrons. The van der Waals surface area contributed by atoms with Crippen LogP contribution >= 0.6 is 0 Å². The van der Waals surface area contributed by atoms with Crippen LogP contribution in [0.4, 0.5) is 17.6 Å². The molecule has 0 aromatic carbocycles.